The van der Waals surface area contributed by atoms with Crippen LogP contribution in [0.2, 0.25) is 5.02 Å². The number of hydrogen-bond acceptors (Lipinski definition) is 9. The predicted octanol–water partition coefficient (Wildman–Crippen LogP) is 4.04. The van der Waals surface area contributed by atoms with Gasteiger partial charge in [0, 0.05) is 19.5 Å². The van der Waals surface area contributed by atoms with Gasteiger partial charge in [-0.05, 0) is 56.1 Å². The molecule has 5 rings (SSSR count). The zero-order valence-corrected chi connectivity index (χ0v) is 24.7. The number of anilines is 2. The molecule has 2 aromatic heterocycles. The zero-order chi connectivity index (χ0) is 28.8. The molecule has 12 heteroatoms. The molecule has 2 unspecified atom stereocenters. The summed E-state index contributed by atoms with van der Waals surface area (Å²) in [6, 6.07) is 11.4. The number of halogens is 1. The predicted molar refractivity (Wildman–Crippen MR) is 155 cm³/mol. The van der Waals surface area contributed by atoms with Crippen molar-refractivity contribution in [3.63, 3.8) is 0 Å². The van der Waals surface area contributed by atoms with Crippen molar-refractivity contribution in [2.45, 2.75) is 45.1 Å². The van der Waals surface area contributed by atoms with Gasteiger partial charge in [0.1, 0.15) is 5.82 Å². The van der Waals surface area contributed by atoms with Crippen molar-refractivity contribution in [2.75, 3.05) is 35.6 Å². The highest BCUT2D eigenvalue weighted by Gasteiger charge is 2.38. The number of nitrogens with two attached hydrogens (primary N) is 1. The number of Topliss-reactive ketones (excluding diaryl/α,β-unsaturated/α-hetero) is 1. The molecule has 2 aliphatic rings. The van der Waals surface area contributed by atoms with Gasteiger partial charge < -0.3 is 15.1 Å². The molecule has 1 aromatic carbocycles. The molecule has 214 valence electrons. The van der Waals surface area contributed by atoms with Gasteiger partial charge in [-0.15, -0.1) is 10.2 Å². The van der Waals surface area contributed by atoms with Crippen molar-refractivity contribution in [3.8, 4) is 11.5 Å². The lowest BCUT2D eigenvalue weighted by Crippen LogP contribution is -2.35. The van der Waals surface area contributed by atoms with Crippen LogP contribution >= 0.6 is 11.6 Å². The number of nitrogens with zero attached hydrogens (tertiary/aromatic N) is 5. The number of benzene rings is 1. The van der Waals surface area contributed by atoms with Crippen molar-refractivity contribution in [3.05, 3.63) is 52.9 Å². The molecule has 0 radical (unpaired) electrons. The smallest absolute Gasteiger partial charge is 0.249 e. The number of carbonyl (C=O) groups excluding carboxylic acids is 1. The van der Waals surface area contributed by atoms with Crippen molar-refractivity contribution >= 4 is 39.0 Å². The molecule has 2 aliphatic carbocycles. The van der Waals surface area contributed by atoms with E-state index in [0.29, 0.717) is 36.2 Å². The van der Waals surface area contributed by atoms with E-state index in [1.165, 1.54) is 7.05 Å². The van der Waals surface area contributed by atoms with Crippen molar-refractivity contribution in [1.29, 1.82) is 0 Å². The van der Waals surface area contributed by atoms with Crippen LogP contribution in [-0.4, -0.2) is 55.8 Å². The van der Waals surface area contributed by atoms with Crippen LogP contribution in [0, 0.1) is 17.8 Å². The largest absolute Gasteiger partial charge is 0.419 e. The molecule has 0 aliphatic heterocycles. The molecule has 2 N–H and O–H groups in total. The molecule has 2 fully saturated rings. The fourth-order valence-electron chi connectivity index (χ4n) is 4.74. The summed E-state index contributed by atoms with van der Waals surface area (Å²) in [5.74, 6) is 1.96. The van der Waals surface area contributed by atoms with Crippen LogP contribution in [0.1, 0.15) is 44.6 Å². The van der Waals surface area contributed by atoms with Crippen molar-refractivity contribution in [1.82, 2.24) is 15.2 Å². The van der Waals surface area contributed by atoms with E-state index in [9.17, 15) is 13.2 Å². The number of carbonyl (C=O) groups is 1. The summed E-state index contributed by atoms with van der Waals surface area (Å²) in [4.78, 5) is 19.5. The lowest BCUT2D eigenvalue weighted by Gasteiger charge is -2.26. The Hall–Kier alpha value is -3.02. The highest BCUT2D eigenvalue weighted by Crippen LogP contribution is 2.42. The van der Waals surface area contributed by atoms with E-state index in [-0.39, 0.29) is 40.9 Å². The highest BCUT2D eigenvalue weighted by atomic mass is 35.5. The van der Waals surface area contributed by atoms with Gasteiger partial charge in [0.15, 0.2) is 11.6 Å². The Labute approximate surface area is 240 Å². The van der Waals surface area contributed by atoms with Crippen LogP contribution < -0.4 is 14.9 Å². The van der Waals surface area contributed by atoms with Crippen LogP contribution in [-0.2, 0) is 26.8 Å². The Bertz CT molecular complexity index is 1510. The molecule has 3 aromatic rings. The highest BCUT2D eigenvalue weighted by molar-refractivity contribution is 7.92. The zero-order valence-electron chi connectivity index (χ0n) is 23.2. The van der Waals surface area contributed by atoms with E-state index >= 15 is 0 Å². The molecule has 0 spiro atoms. The van der Waals surface area contributed by atoms with Gasteiger partial charge >= 0.3 is 0 Å². The first-order valence-corrected chi connectivity index (χ1v) is 15.7. The first-order chi connectivity index (χ1) is 18.8. The van der Waals surface area contributed by atoms with E-state index in [1.54, 1.807) is 6.07 Å². The number of pyridine rings is 1. The van der Waals surface area contributed by atoms with E-state index in [4.69, 9.17) is 21.8 Å². The summed E-state index contributed by atoms with van der Waals surface area (Å²) in [6.45, 7) is 4.80. The lowest BCUT2D eigenvalue weighted by atomic mass is 9.94. The van der Waals surface area contributed by atoms with Gasteiger partial charge in [-0.2, -0.15) is 0 Å². The molecule has 0 amide bonds. The summed E-state index contributed by atoms with van der Waals surface area (Å²) < 4.78 is 32.1. The topological polar surface area (TPSA) is 136 Å². The minimum Gasteiger partial charge on any atom is -0.419 e. The van der Waals surface area contributed by atoms with Crippen LogP contribution in [0.3, 0.4) is 0 Å². The molecule has 40 heavy (non-hydrogen) atoms. The van der Waals surface area contributed by atoms with E-state index in [1.807, 2.05) is 42.2 Å². The van der Waals surface area contributed by atoms with Crippen LogP contribution in [0.4, 0.5) is 11.6 Å². The van der Waals surface area contributed by atoms with Gasteiger partial charge in [-0.3, -0.25) is 9.10 Å². The molecule has 0 bridgehead atoms. The van der Waals surface area contributed by atoms with Gasteiger partial charge in [0.25, 0.3) is 0 Å². The summed E-state index contributed by atoms with van der Waals surface area (Å²) in [6.07, 6.45) is 4.41. The third-order valence-corrected chi connectivity index (χ3v) is 9.26. The SMILES string of the molecule is CC1CC1CN(CC(=O)C1CC1)c1cc(-c2nnc([C@](C)(N)Cc3ccccc3)o2)c(Cl)c(N(C)S(C)(=O)=O)n1. The standard InChI is InChI=1S/C28H35ClN6O4S/c1-17-12-20(17)15-35(16-22(36)19-10-11-19)23-13-21(24(29)25(31-23)34(3)40(4,37)38)26-32-33-27(39-26)28(2,30)14-18-8-6-5-7-9-18/h5-9,13,17,19-20H,10-12,14-16,30H2,1-4H3/t17?,20?,28-/m1/s1. The molecular weight excluding hydrogens is 552 g/mol. The Kier molecular flexibility index (Phi) is 7.66. The van der Waals surface area contributed by atoms with Crippen LogP contribution in [0.5, 0.6) is 0 Å². The quantitative estimate of drug-likeness (QED) is 0.333. The maximum Gasteiger partial charge on any atom is 0.249 e. The monoisotopic (exact) mass is 586 g/mol. The average molecular weight is 587 g/mol. The Morgan fingerprint density at radius 2 is 1.90 bits per heavy atom. The van der Waals surface area contributed by atoms with Crippen molar-refractivity contribution < 1.29 is 17.6 Å². The molecular formula is C28H35ClN6O4S. The molecule has 2 saturated carbocycles. The van der Waals surface area contributed by atoms with Crippen molar-refractivity contribution in [2.24, 2.45) is 23.5 Å². The number of ketones is 1. The lowest BCUT2D eigenvalue weighted by molar-refractivity contribution is -0.118. The minimum absolute atomic E-state index is 0.0175. The number of hydrogen-bond donors (Lipinski definition) is 1. The number of aromatic nitrogens is 3. The summed E-state index contributed by atoms with van der Waals surface area (Å²) >= 11 is 6.77. The van der Waals surface area contributed by atoms with Gasteiger partial charge in [-0.25, -0.2) is 13.4 Å². The summed E-state index contributed by atoms with van der Waals surface area (Å²) in [7, 11) is -2.32. The Balaban J connectivity index is 1.55. The first-order valence-electron chi connectivity index (χ1n) is 13.4. The average Bonchev–Trinajstić information content (AvgIpc) is 3.81. The molecule has 3 atom stereocenters. The Morgan fingerprint density at radius 3 is 2.50 bits per heavy atom. The molecule has 10 nitrogen and oxygen atoms in total. The third kappa shape index (κ3) is 6.31. The number of sulfonamides is 1. The maximum atomic E-state index is 12.9. The second-order valence-electron chi connectivity index (χ2n) is 11.5. The van der Waals surface area contributed by atoms with Gasteiger partial charge in [-0.1, -0.05) is 48.9 Å². The normalized spacial score (nSPS) is 20.1. The van der Waals surface area contributed by atoms with E-state index in [0.717, 1.165) is 35.4 Å². The Morgan fingerprint density at radius 1 is 1.23 bits per heavy atom. The number of rotatable bonds is 12. The first kappa shape index (κ1) is 28.5. The van der Waals surface area contributed by atoms with Crippen LogP contribution in [0.25, 0.3) is 11.5 Å². The van der Waals surface area contributed by atoms with E-state index in [2.05, 4.69) is 22.1 Å². The van der Waals surface area contributed by atoms with Crippen LogP contribution in [0.15, 0.2) is 40.8 Å². The minimum atomic E-state index is -3.70. The van der Waals surface area contributed by atoms with E-state index < -0.39 is 15.6 Å². The molecule has 0 saturated heterocycles. The van der Waals surface area contributed by atoms with Gasteiger partial charge in [0.05, 0.1) is 28.9 Å². The van der Waals surface area contributed by atoms with Gasteiger partial charge in [0.2, 0.25) is 21.8 Å². The maximum absolute atomic E-state index is 12.9. The molecule has 2 heterocycles. The summed E-state index contributed by atoms with van der Waals surface area (Å²) in [5.41, 5.74) is 6.97. The fraction of sp³-hybridized carbons (Fsp3) is 0.500. The second kappa shape index (κ2) is 10.8. The second-order valence-corrected chi connectivity index (χ2v) is 13.9. The fourth-order valence-corrected chi connectivity index (χ4v) is 5.54. The summed E-state index contributed by atoms with van der Waals surface area (Å²) in [5, 5.41) is 8.51. The third-order valence-electron chi connectivity index (χ3n) is 7.71.